The van der Waals surface area contributed by atoms with Gasteiger partial charge < -0.3 is 13.8 Å². The summed E-state index contributed by atoms with van der Waals surface area (Å²) in [5.74, 6) is -1.04. The minimum atomic E-state index is -4.95. The number of aromatic nitrogens is 2. The molecule has 0 unspecified atom stereocenters. The highest BCUT2D eigenvalue weighted by atomic mass is 31.2. The van der Waals surface area contributed by atoms with Crippen molar-refractivity contribution >= 4 is 19.2 Å². The molecule has 0 bridgehead atoms. The first-order chi connectivity index (χ1) is 19.5. The predicted octanol–water partition coefficient (Wildman–Crippen LogP) is 3.91. The van der Waals surface area contributed by atoms with Crippen LogP contribution in [0.25, 0.3) is 10.4 Å². The summed E-state index contributed by atoms with van der Waals surface area (Å²) in [5, 5.41) is 26.6. The van der Waals surface area contributed by atoms with E-state index in [-0.39, 0.29) is 12.0 Å². The highest BCUT2D eigenvalue weighted by molar-refractivity contribution is 7.49. The number of para-hydroxylation sites is 4. The first-order valence-electron chi connectivity index (χ1n) is 11.6. The number of ether oxygens (including phenoxy) is 1. The van der Waals surface area contributed by atoms with E-state index in [0.29, 0.717) is 0 Å². The maximum atomic E-state index is 13.8. The van der Waals surface area contributed by atoms with Gasteiger partial charge in [0.1, 0.15) is 6.23 Å². The van der Waals surface area contributed by atoms with Crippen LogP contribution in [0, 0.1) is 27.2 Å². The van der Waals surface area contributed by atoms with Gasteiger partial charge in [0.15, 0.2) is 0 Å². The summed E-state index contributed by atoms with van der Waals surface area (Å²) in [6.07, 6.45) is -0.993. The maximum absolute atomic E-state index is 13.8. The lowest BCUT2D eigenvalue weighted by atomic mass is 10.1. The predicted molar refractivity (Wildman–Crippen MR) is 139 cm³/mol. The molecule has 0 radical (unpaired) electrons. The van der Waals surface area contributed by atoms with E-state index < -0.39 is 76.8 Å². The molecular formula is C22H20N7O11P. The highest BCUT2D eigenvalue weighted by Gasteiger charge is 2.41. The van der Waals surface area contributed by atoms with Gasteiger partial charge in [-0.15, -0.1) is 0 Å². The van der Waals surface area contributed by atoms with Crippen LogP contribution >= 0.6 is 7.82 Å². The standard InChI is InChI=1S/C22H20N7O11P/c1-13-11-27(22(31)24-21(13)30)20-10-14(25-26-23)19(38-20)12-37-41(36,39-17-8-4-2-6-15(17)28(32)33)40-18-9-5-3-7-16(18)29(34)35/h2-9,11,14,19-20H,10,12H2,1H3,(H,24,30,31)/t14-,19+,20+/m0/s1. The molecule has 1 aromatic heterocycles. The first kappa shape index (κ1) is 29.0. The van der Waals surface area contributed by atoms with Crippen molar-refractivity contribution in [2.75, 3.05) is 6.61 Å². The Bertz CT molecular complexity index is 1640. The fourth-order valence-electron chi connectivity index (χ4n) is 3.87. The van der Waals surface area contributed by atoms with Gasteiger partial charge in [-0.25, -0.2) is 9.36 Å². The summed E-state index contributed by atoms with van der Waals surface area (Å²) in [5.41, 5.74) is 6.64. The number of hydrogen-bond donors (Lipinski definition) is 1. The monoisotopic (exact) mass is 589 g/mol. The van der Waals surface area contributed by atoms with E-state index in [9.17, 15) is 34.4 Å². The largest absolute Gasteiger partial charge is 0.588 e. The molecule has 1 aliphatic heterocycles. The lowest BCUT2D eigenvalue weighted by Crippen LogP contribution is -2.33. The van der Waals surface area contributed by atoms with Gasteiger partial charge in [-0.05, 0) is 24.6 Å². The number of hydrogen-bond acceptors (Lipinski definition) is 12. The number of nitro benzene ring substituents is 2. The summed E-state index contributed by atoms with van der Waals surface area (Å²) >= 11 is 0. The molecule has 19 heteroatoms. The van der Waals surface area contributed by atoms with Gasteiger partial charge in [0, 0.05) is 35.2 Å². The second kappa shape index (κ2) is 12.0. The van der Waals surface area contributed by atoms with Crippen molar-refractivity contribution in [2.24, 2.45) is 5.11 Å². The normalized spacial score (nSPS) is 18.3. The number of phosphoric acid groups is 1. The number of nitro groups is 2. The van der Waals surface area contributed by atoms with Crippen LogP contribution in [-0.2, 0) is 13.8 Å². The van der Waals surface area contributed by atoms with Gasteiger partial charge in [0.25, 0.3) is 5.56 Å². The number of benzene rings is 2. The number of nitrogens with one attached hydrogen (secondary N) is 1. The average molecular weight is 589 g/mol. The van der Waals surface area contributed by atoms with Gasteiger partial charge in [0.05, 0.1) is 28.6 Å². The smallest absolute Gasteiger partial charge is 0.388 e. The number of rotatable bonds is 11. The Morgan fingerprint density at radius 3 is 2.20 bits per heavy atom. The van der Waals surface area contributed by atoms with E-state index in [2.05, 4.69) is 15.0 Å². The topological polar surface area (TPSA) is 244 Å². The minimum absolute atomic E-state index is 0.0518. The molecule has 2 heterocycles. The molecule has 214 valence electrons. The van der Waals surface area contributed by atoms with Crippen molar-refractivity contribution < 1.29 is 32.7 Å². The number of H-pyrrole nitrogens is 1. The Kier molecular flexibility index (Phi) is 8.49. The molecule has 3 aromatic rings. The van der Waals surface area contributed by atoms with Crippen LogP contribution in [0.4, 0.5) is 11.4 Å². The van der Waals surface area contributed by atoms with Gasteiger partial charge in [-0.3, -0.25) is 39.1 Å². The Hall–Kier alpha value is -5.02. The molecular weight excluding hydrogens is 569 g/mol. The lowest BCUT2D eigenvalue weighted by molar-refractivity contribution is -0.385. The molecule has 0 saturated carbocycles. The van der Waals surface area contributed by atoms with Crippen LogP contribution < -0.4 is 20.3 Å². The Labute approximate surface area is 228 Å². The summed E-state index contributed by atoms with van der Waals surface area (Å²) in [4.78, 5) is 50.3. The maximum Gasteiger partial charge on any atom is 0.588 e. The number of aryl methyl sites for hydroxylation is 1. The van der Waals surface area contributed by atoms with Crippen molar-refractivity contribution in [3.63, 3.8) is 0 Å². The molecule has 1 N–H and O–H groups in total. The second-order valence-electron chi connectivity index (χ2n) is 8.49. The molecule has 3 atom stereocenters. The summed E-state index contributed by atoms with van der Waals surface area (Å²) in [7, 11) is -4.95. The molecule has 4 rings (SSSR count). The highest BCUT2D eigenvalue weighted by Crippen LogP contribution is 2.53. The van der Waals surface area contributed by atoms with Gasteiger partial charge in [0.2, 0.25) is 11.5 Å². The van der Waals surface area contributed by atoms with Crippen molar-refractivity contribution in [3.8, 4) is 11.5 Å². The molecule has 41 heavy (non-hydrogen) atoms. The molecule has 2 aromatic carbocycles. The zero-order chi connectivity index (χ0) is 29.7. The molecule has 18 nitrogen and oxygen atoms in total. The van der Waals surface area contributed by atoms with Crippen molar-refractivity contribution in [1.29, 1.82) is 0 Å². The summed E-state index contributed by atoms with van der Waals surface area (Å²) in [6.45, 7) is 0.793. The SMILES string of the molecule is Cc1cn([C@H]2C[C@H](N=[N+]=[N-])[C@@H](COP(=O)(Oc3ccccc3[N+](=O)[O-])Oc3ccccc3[N+](=O)[O-])O2)c(=O)[nH]c1=O. The van der Waals surface area contributed by atoms with E-state index in [0.717, 1.165) is 28.8 Å². The number of azide groups is 1. The van der Waals surface area contributed by atoms with Crippen molar-refractivity contribution in [3.05, 3.63) is 112 Å². The van der Waals surface area contributed by atoms with Crippen LogP contribution in [0.3, 0.4) is 0 Å². The van der Waals surface area contributed by atoms with Crippen LogP contribution in [0.15, 0.2) is 69.4 Å². The molecule has 0 amide bonds. The van der Waals surface area contributed by atoms with E-state index in [1.54, 1.807) is 0 Å². The summed E-state index contributed by atoms with van der Waals surface area (Å²) < 4.78 is 36.8. The van der Waals surface area contributed by atoms with E-state index in [1.807, 2.05) is 0 Å². The van der Waals surface area contributed by atoms with Crippen LogP contribution in [0.5, 0.6) is 11.5 Å². The third-order valence-electron chi connectivity index (χ3n) is 5.80. The van der Waals surface area contributed by atoms with Crippen LogP contribution in [0.1, 0.15) is 18.2 Å². The number of nitrogens with zero attached hydrogens (tertiary/aromatic N) is 6. The van der Waals surface area contributed by atoms with Crippen molar-refractivity contribution in [1.82, 2.24) is 9.55 Å². The molecule has 0 aliphatic carbocycles. The Morgan fingerprint density at radius 1 is 1.10 bits per heavy atom. The molecule has 1 saturated heterocycles. The number of phosphoric ester groups is 1. The van der Waals surface area contributed by atoms with Crippen molar-refractivity contribution in [2.45, 2.75) is 31.7 Å². The van der Waals surface area contributed by atoms with Gasteiger partial charge in [-0.2, -0.15) is 0 Å². The first-order valence-corrected chi connectivity index (χ1v) is 13.1. The quantitative estimate of drug-likeness (QED) is 0.0838. The minimum Gasteiger partial charge on any atom is -0.388 e. The van der Waals surface area contributed by atoms with Crippen LogP contribution in [0.2, 0.25) is 0 Å². The van der Waals surface area contributed by atoms with E-state index in [1.165, 1.54) is 37.4 Å². The molecule has 1 fully saturated rings. The molecule has 1 aliphatic rings. The fourth-order valence-corrected chi connectivity index (χ4v) is 5.13. The second-order valence-corrected chi connectivity index (χ2v) is 10.0. The van der Waals surface area contributed by atoms with E-state index >= 15 is 0 Å². The van der Waals surface area contributed by atoms with E-state index in [4.69, 9.17) is 23.8 Å². The van der Waals surface area contributed by atoms with Gasteiger partial charge >= 0.3 is 24.9 Å². The molecule has 0 spiro atoms. The third-order valence-corrected chi connectivity index (χ3v) is 7.11. The zero-order valence-electron chi connectivity index (χ0n) is 21.0. The Morgan fingerprint density at radius 2 is 1.66 bits per heavy atom. The Balaban J connectivity index is 1.65. The summed E-state index contributed by atoms with van der Waals surface area (Å²) in [6, 6.07) is 8.75. The lowest BCUT2D eigenvalue weighted by Gasteiger charge is -2.22. The fraction of sp³-hybridized carbons (Fsp3) is 0.273. The van der Waals surface area contributed by atoms with Crippen LogP contribution in [-0.4, -0.2) is 38.2 Å². The van der Waals surface area contributed by atoms with Gasteiger partial charge in [-0.1, -0.05) is 29.4 Å². The third kappa shape index (κ3) is 6.59. The average Bonchev–Trinajstić information content (AvgIpc) is 3.32. The number of aromatic amines is 1. The zero-order valence-corrected chi connectivity index (χ0v) is 21.9.